The van der Waals surface area contributed by atoms with Crippen molar-refractivity contribution < 1.29 is 0 Å². The molecule has 0 aliphatic heterocycles. The molecular formula is C13H21N3O. The zero-order valence-electron chi connectivity index (χ0n) is 10.7. The SMILES string of the molecule is CCC(N)Cn1c(C)nc2c(c1=O)CCCC2. The largest absolute Gasteiger partial charge is 0.326 e. The fraction of sp³-hybridized carbons (Fsp3) is 0.692. The number of aromatic nitrogens is 2. The van der Waals surface area contributed by atoms with Crippen LogP contribution in [-0.4, -0.2) is 15.6 Å². The van der Waals surface area contributed by atoms with Gasteiger partial charge in [-0.15, -0.1) is 0 Å². The van der Waals surface area contributed by atoms with Crippen LogP contribution >= 0.6 is 0 Å². The zero-order chi connectivity index (χ0) is 12.4. The molecule has 0 radical (unpaired) electrons. The van der Waals surface area contributed by atoms with Gasteiger partial charge in [0, 0.05) is 18.2 Å². The Morgan fingerprint density at radius 3 is 2.82 bits per heavy atom. The molecule has 1 aliphatic rings. The van der Waals surface area contributed by atoms with Gasteiger partial charge >= 0.3 is 0 Å². The number of aryl methyl sites for hydroxylation is 2. The lowest BCUT2D eigenvalue weighted by atomic mass is 9.97. The van der Waals surface area contributed by atoms with E-state index < -0.39 is 0 Å². The predicted octanol–water partition coefficient (Wildman–Crippen LogP) is 1.17. The Morgan fingerprint density at radius 1 is 1.41 bits per heavy atom. The van der Waals surface area contributed by atoms with Gasteiger partial charge in [0.25, 0.3) is 5.56 Å². The highest BCUT2D eigenvalue weighted by Crippen LogP contribution is 2.16. The van der Waals surface area contributed by atoms with Crippen molar-refractivity contribution in [1.82, 2.24) is 9.55 Å². The molecule has 17 heavy (non-hydrogen) atoms. The molecule has 2 rings (SSSR count). The van der Waals surface area contributed by atoms with Crippen molar-refractivity contribution in [3.63, 3.8) is 0 Å². The van der Waals surface area contributed by atoms with Crippen molar-refractivity contribution in [2.75, 3.05) is 0 Å². The first-order valence-corrected chi connectivity index (χ1v) is 6.48. The Labute approximate surface area is 102 Å². The van der Waals surface area contributed by atoms with Crippen LogP contribution in [-0.2, 0) is 19.4 Å². The van der Waals surface area contributed by atoms with Gasteiger partial charge in [-0.3, -0.25) is 9.36 Å². The van der Waals surface area contributed by atoms with Crippen LogP contribution in [0.2, 0.25) is 0 Å². The van der Waals surface area contributed by atoms with E-state index in [1.54, 1.807) is 4.57 Å². The van der Waals surface area contributed by atoms with Crippen molar-refractivity contribution in [3.8, 4) is 0 Å². The summed E-state index contributed by atoms with van der Waals surface area (Å²) >= 11 is 0. The number of nitrogens with two attached hydrogens (primary N) is 1. The molecule has 0 spiro atoms. The monoisotopic (exact) mass is 235 g/mol. The first-order valence-electron chi connectivity index (χ1n) is 6.48. The summed E-state index contributed by atoms with van der Waals surface area (Å²) in [4.78, 5) is 16.9. The summed E-state index contributed by atoms with van der Waals surface area (Å²) in [5, 5.41) is 0. The van der Waals surface area contributed by atoms with E-state index >= 15 is 0 Å². The number of nitrogens with zero attached hydrogens (tertiary/aromatic N) is 2. The molecule has 4 nitrogen and oxygen atoms in total. The molecule has 0 saturated carbocycles. The maximum Gasteiger partial charge on any atom is 0.256 e. The van der Waals surface area contributed by atoms with Crippen molar-refractivity contribution in [2.45, 2.75) is 58.5 Å². The van der Waals surface area contributed by atoms with E-state index in [1.165, 1.54) is 0 Å². The van der Waals surface area contributed by atoms with Crippen LogP contribution in [0.25, 0.3) is 0 Å². The summed E-state index contributed by atoms with van der Waals surface area (Å²) in [7, 11) is 0. The minimum Gasteiger partial charge on any atom is -0.326 e. The van der Waals surface area contributed by atoms with Crippen LogP contribution < -0.4 is 11.3 Å². The fourth-order valence-electron chi connectivity index (χ4n) is 2.39. The second-order valence-electron chi connectivity index (χ2n) is 4.88. The Bertz CT molecular complexity index is 464. The smallest absolute Gasteiger partial charge is 0.256 e. The van der Waals surface area contributed by atoms with Crippen LogP contribution in [0.15, 0.2) is 4.79 Å². The number of rotatable bonds is 3. The molecule has 0 bridgehead atoms. The molecule has 0 aromatic carbocycles. The highest BCUT2D eigenvalue weighted by Gasteiger charge is 2.18. The Morgan fingerprint density at radius 2 is 2.12 bits per heavy atom. The maximum absolute atomic E-state index is 12.4. The van der Waals surface area contributed by atoms with Crippen molar-refractivity contribution in [3.05, 3.63) is 27.4 Å². The minimum atomic E-state index is 0.0369. The third kappa shape index (κ3) is 2.41. The second-order valence-corrected chi connectivity index (χ2v) is 4.88. The van der Waals surface area contributed by atoms with Gasteiger partial charge in [-0.25, -0.2) is 4.98 Å². The van der Waals surface area contributed by atoms with E-state index in [2.05, 4.69) is 4.98 Å². The van der Waals surface area contributed by atoms with Gasteiger partial charge in [0.1, 0.15) is 5.82 Å². The lowest BCUT2D eigenvalue weighted by molar-refractivity contribution is 0.499. The molecule has 1 atom stereocenters. The molecule has 0 fully saturated rings. The van der Waals surface area contributed by atoms with E-state index in [0.717, 1.165) is 49.2 Å². The van der Waals surface area contributed by atoms with E-state index in [9.17, 15) is 4.79 Å². The van der Waals surface area contributed by atoms with Crippen LogP contribution in [0, 0.1) is 6.92 Å². The maximum atomic E-state index is 12.4. The molecule has 1 aliphatic carbocycles. The summed E-state index contributed by atoms with van der Waals surface area (Å²) < 4.78 is 1.75. The Balaban J connectivity index is 2.42. The summed E-state index contributed by atoms with van der Waals surface area (Å²) in [6.07, 6.45) is 4.96. The topological polar surface area (TPSA) is 60.9 Å². The normalized spacial score (nSPS) is 16.6. The number of hydrogen-bond acceptors (Lipinski definition) is 3. The summed E-state index contributed by atoms with van der Waals surface area (Å²) in [5.41, 5.74) is 8.00. The van der Waals surface area contributed by atoms with Gasteiger partial charge in [0.05, 0.1) is 5.69 Å². The molecule has 1 aromatic heterocycles. The summed E-state index contributed by atoms with van der Waals surface area (Å²) in [6.45, 7) is 4.52. The molecule has 0 saturated heterocycles. The third-order valence-corrected chi connectivity index (χ3v) is 3.57. The average molecular weight is 235 g/mol. The van der Waals surface area contributed by atoms with E-state index in [-0.39, 0.29) is 11.6 Å². The molecule has 1 aromatic rings. The second kappa shape index (κ2) is 5.00. The molecular weight excluding hydrogens is 214 g/mol. The molecule has 1 unspecified atom stereocenters. The van der Waals surface area contributed by atoms with Crippen molar-refractivity contribution in [1.29, 1.82) is 0 Å². The Hall–Kier alpha value is -1.16. The summed E-state index contributed by atoms with van der Waals surface area (Å²) in [6, 6.07) is 0.0369. The molecule has 4 heteroatoms. The van der Waals surface area contributed by atoms with Crippen LogP contribution in [0.3, 0.4) is 0 Å². The van der Waals surface area contributed by atoms with E-state index in [4.69, 9.17) is 5.73 Å². The van der Waals surface area contributed by atoms with Crippen LogP contribution in [0.4, 0.5) is 0 Å². The van der Waals surface area contributed by atoms with Gasteiger partial charge in [-0.1, -0.05) is 6.92 Å². The predicted molar refractivity (Wildman–Crippen MR) is 68.1 cm³/mol. The van der Waals surface area contributed by atoms with Crippen molar-refractivity contribution >= 4 is 0 Å². The van der Waals surface area contributed by atoms with Gasteiger partial charge in [0.15, 0.2) is 0 Å². The third-order valence-electron chi connectivity index (χ3n) is 3.57. The Kier molecular flexibility index (Phi) is 3.62. The minimum absolute atomic E-state index is 0.0369. The van der Waals surface area contributed by atoms with Crippen LogP contribution in [0.5, 0.6) is 0 Å². The van der Waals surface area contributed by atoms with E-state index in [1.807, 2.05) is 13.8 Å². The van der Waals surface area contributed by atoms with Crippen molar-refractivity contribution in [2.24, 2.45) is 5.73 Å². The zero-order valence-corrected chi connectivity index (χ0v) is 10.7. The first-order chi connectivity index (χ1) is 8.13. The summed E-state index contributed by atoms with van der Waals surface area (Å²) in [5.74, 6) is 0.805. The van der Waals surface area contributed by atoms with Gasteiger partial charge in [-0.2, -0.15) is 0 Å². The standard InChI is InChI=1S/C13H21N3O/c1-3-10(14)8-16-9(2)15-12-7-5-4-6-11(12)13(16)17/h10H,3-8,14H2,1-2H3. The molecule has 0 amide bonds. The van der Waals surface area contributed by atoms with Gasteiger partial charge in [0.2, 0.25) is 0 Å². The lowest BCUT2D eigenvalue weighted by Crippen LogP contribution is -2.36. The van der Waals surface area contributed by atoms with Gasteiger partial charge < -0.3 is 5.73 Å². The van der Waals surface area contributed by atoms with Crippen LogP contribution in [0.1, 0.15) is 43.3 Å². The fourth-order valence-corrected chi connectivity index (χ4v) is 2.39. The first kappa shape index (κ1) is 12.3. The van der Waals surface area contributed by atoms with Gasteiger partial charge in [-0.05, 0) is 39.0 Å². The molecule has 2 N–H and O–H groups in total. The highest BCUT2D eigenvalue weighted by molar-refractivity contribution is 5.21. The number of hydrogen-bond donors (Lipinski definition) is 1. The molecule has 94 valence electrons. The highest BCUT2D eigenvalue weighted by atomic mass is 16.1. The lowest BCUT2D eigenvalue weighted by Gasteiger charge is -2.19. The van der Waals surface area contributed by atoms with E-state index in [0.29, 0.717) is 6.54 Å². The quantitative estimate of drug-likeness (QED) is 0.855. The molecule has 1 heterocycles. The average Bonchev–Trinajstić information content (AvgIpc) is 2.34. The number of fused-ring (bicyclic) bond motifs is 1.